The molecule has 17 heteroatoms. The van der Waals surface area contributed by atoms with Gasteiger partial charge in [-0.3, -0.25) is 9.59 Å². The zero-order valence-electron chi connectivity index (χ0n) is 21.4. The molecule has 2 amide bonds. The van der Waals surface area contributed by atoms with Crippen molar-refractivity contribution in [2.24, 2.45) is 0 Å². The molecule has 2 aliphatic rings. The quantitative estimate of drug-likeness (QED) is 0.398. The topological polar surface area (TPSA) is 109 Å². The predicted octanol–water partition coefficient (Wildman–Crippen LogP) is 3.95. The lowest BCUT2D eigenvalue weighted by molar-refractivity contribution is -0.114. The lowest BCUT2D eigenvalue weighted by Crippen LogP contribution is -2.39. The maximum absolute atomic E-state index is 12.5. The number of ether oxygens (including phenoxy) is 2. The van der Waals surface area contributed by atoms with Gasteiger partial charge in [-0.1, -0.05) is 82.4 Å². The molecule has 10 nitrogen and oxygen atoms in total. The van der Waals surface area contributed by atoms with Crippen molar-refractivity contribution in [2.45, 2.75) is 22.3 Å². The van der Waals surface area contributed by atoms with E-state index in [2.05, 4.69) is 30.4 Å². The second kappa shape index (κ2) is 15.3. The highest BCUT2D eigenvalue weighted by Gasteiger charge is 2.19. The molecule has 4 heterocycles. The van der Waals surface area contributed by atoms with E-state index < -0.39 is 0 Å². The van der Waals surface area contributed by atoms with E-state index in [0.29, 0.717) is 45.3 Å². The molecular formula is C22H28N6O4S7. The first kappa shape index (κ1) is 30.9. The highest BCUT2D eigenvalue weighted by atomic mass is 32.2. The molecule has 2 aliphatic heterocycles. The molecule has 4 rings (SSSR count). The summed E-state index contributed by atoms with van der Waals surface area (Å²) >= 11 is 17.9. The monoisotopic (exact) mass is 664 g/mol. The van der Waals surface area contributed by atoms with Gasteiger partial charge in [-0.2, -0.15) is 0 Å². The Hall–Kier alpha value is -1.05. The van der Waals surface area contributed by atoms with E-state index in [1.54, 1.807) is 0 Å². The standard InChI is InChI=1S/C22H28N6O4S7/c1-13-17(38-19(23-13)25-15(29)11-35-21(33)27-3-7-31-8-4-27)37-18-14(2)24-20(39-18)26-16(30)12-36-22(34)28-5-9-32-10-6-28/h3-12H2,1-2H3,(H,23,25,29)(H,24,26,30). The van der Waals surface area contributed by atoms with Crippen LogP contribution >= 0.6 is 82.4 Å². The number of thiazole rings is 2. The summed E-state index contributed by atoms with van der Waals surface area (Å²) in [5.74, 6) is 0.157. The largest absolute Gasteiger partial charge is 0.378 e. The lowest BCUT2D eigenvalue weighted by Gasteiger charge is -2.28. The fraction of sp³-hybridized carbons (Fsp3) is 0.545. The van der Waals surface area contributed by atoms with E-state index in [-0.39, 0.29) is 23.3 Å². The van der Waals surface area contributed by atoms with Gasteiger partial charge in [0, 0.05) is 26.2 Å². The molecule has 0 spiro atoms. The van der Waals surface area contributed by atoms with Crippen LogP contribution < -0.4 is 10.6 Å². The van der Waals surface area contributed by atoms with Gasteiger partial charge in [-0.15, -0.1) is 0 Å². The number of hydrogen-bond donors (Lipinski definition) is 2. The summed E-state index contributed by atoms with van der Waals surface area (Å²) in [5, 5.41) is 6.84. The summed E-state index contributed by atoms with van der Waals surface area (Å²) in [5.41, 5.74) is 1.64. The van der Waals surface area contributed by atoms with Crippen LogP contribution in [0.15, 0.2) is 8.42 Å². The van der Waals surface area contributed by atoms with Crippen LogP contribution in [-0.4, -0.2) is 104 Å². The van der Waals surface area contributed by atoms with Gasteiger partial charge in [0.15, 0.2) is 10.3 Å². The van der Waals surface area contributed by atoms with Crippen molar-refractivity contribution in [3.63, 3.8) is 0 Å². The zero-order chi connectivity index (χ0) is 27.8. The molecule has 0 bridgehead atoms. The van der Waals surface area contributed by atoms with Gasteiger partial charge < -0.3 is 29.9 Å². The molecule has 2 fully saturated rings. The Labute approximate surface area is 258 Å². The molecule has 0 saturated carbocycles. The Morgan fingerprint density at radius 3 is 1.56 bits per heavy atom. The van der Waals surface area contributed by atoms with Crippen LogP contribution in [0, 0.1) is 13.8 Å². The average molecular weight is 665 g/mol. The van der Waals surface area contributed by atoms with Crippen molar-refractivity contribution in [1.82, 2.24) is 19.8 Å². The number of aryl methyl sites for hydroxylation is 2. The molecule has 2 N–H and O–H groups in total. The molecule has 2 aromatic rings. The van der Waals surface area contributed by atoms with Crippen LogP contribution in [-0.2, 0) is 19.1 Å². The van der Waals surface area contributed by atoms with Crippen LogP contribution in [0.4, 0.5) is 10.3 Å². The smallest absolute Gasteiger partial charge is 0.236 e. The van der Waals surface area contributed by atoms with Gasteiger partial charge in [0.05, 0.1) is 57.7 Å². The van der Waals surface area contributed by atoms with Crippen LogP contribution in [0.1, 0.15) is 11.4 Å². The third-order valence-electron chi connectivity index (χ3n) is 5.38. The average Bonchev–Trinajstić information content (AvgIpc) is 3.46. The second-order valence-electron chi connectivity index (χ2n) is 8.29. The van der Waals surface area contributed by atoms with Crippen molar-refractivity contribution >= 4 is 113 Å². The van der Waals surface area contributed by atoms with Crippen LogP contribution in [0.2, 0.25) is 0 Å². The third-order valence-corrected chi connectivity index (χ3v) is 12.1. The number of aromatic nitrogens is 2. The number of morpholine rings is 2. The summed E-state index contributed by atoms with van der Waals surface area (Å²) < 4.78 is 14.0. The molecule has 39 heavy (non-hydrogen) atoms. The molecular weight excluding hydrogens is 637 g/mol. The number of anilines is 2. The zero-order valence-corrected chi connectivity index (χ0v) is 27.1. The summed E-state index contributed by atoms with van der Waals surface area (Å²) in [6.45, 7) is 9.45. The SMILES string of the molecule is Cc1nc(NC(=O)CSC(=S)N2CCOCC2)sc1Sc1sc(NC(=O)CSC(=S)N2CCOCC2)nc1C. The number of nitrogens with zero attached hydrogens (tertiary/aromatic N) is 4. The summed E-state index contributed by atoms with van der Waals surface area (Å²) in [4.78, 5) is 38.1. The second-order valence-corrected chi connectivity index (χ2v) is 15.0. The maximum atomic E-state index is 12.5. The van der Waals surface area contributed by atoms with E-state index in [4.69, 9.17) is 33.9 Å². The van der Waals surface area contributed by atoms with Gasteiger partial charge in [0.1, 0.15) is 8.64 Å². The third kappa shape index (κ3) is 9.49. The van der Waals surface area contributed by atoms with Crippen LogP contribution in [0.3, 0.4) is 0 Å². The summed E-state index contributed by atoms with van der Waals surface area (Å²) in [6.07, 6.45) is 0. The van der Waals surface area contributed by atoms with Gasteiger partial charge in [0.2, 0.25) is 11.8 Å². The van der Waals surface area contributed by atoms with Crippen molar-refractivity contribution in [3.8, 4) is 0 Å². The fourth-order valence-electron chi connectivity index (χ4n) is 3.39. The first-order valence-corrected chi connectivity index (χ1v) is 17.2. The number of carbonyl (C=O) groups is 2. The number of thiocarbonyl (C=S) groups is 2. The normalized spacial score (nSPS) is 15.7. The number of carbonyl (C=O) groups excluding carboxylic acids is 2. The van der Waals surface area contributed by atoms with Crippen molar-refractivity contribution in [1.29, 1.82) is 0 Å². The molecule has 0 aromatic carbocycles. The number of amides is 2. The van der Waals surface area contributed by atoms with Crippen molar-refractivity contribution in [3.05, 3.63) is 11.4 Å². The first-order valence-electron chi connectivity index (χ1n) is 12.0. The maximum Gasteiger partial charge on any atom is 0.236 e. The van der Waals surface area contributed by atoms with Crippen LogP contribution in [0.25, 0.3) is 0 Å². The minimum Gasteiger partial charge on any atom is -0.378 e. The Morgan fingerprint density at radius 1 is 0.795 bits per heavy atom. The summed E-state index contributed by atoms with van der Waals surface area (Å²) in [6, 6.07) is 0. The molecule has 212 valence electrons. The lowest BCUT2D eigenvalue weighted by atomic mass is 10.5. The molecule has 0 unspecified atom stereocenters. The first-order chi connectivity index (χ1) is 18.8. The van der Waals surface area contributed by atoms with E-state index in [1.165, 1.54) is 58.0 Å². The van der Waals surface area contributed by atoms with Gasteiger partial charge >= 0.3 is 0 Å². The minimum absolute atomic E-state index is 0.147. The van der Waals surface area contributed by atoms with E-state index in [1.807, 2.05) is 13.8 Å². The number of thioether (sulfide) groups is 2. The molecule has 0 atom stereocenters. The fourth-order valence-corrected chi connectivity index (χ4v) is 8.94. The Morgan fingerprint density at radius 2 is 1.18 bits per heavy atom. The van der Waals surface area contributed by atoms with Gasteiger partial charge in [-0.05, 0) is 13.8 Å². The molecule has 0 radical (unpaired) electrons. The van der Waals surface area contributed by atoms with Crippen LogP contribution in [0.5, 0.6) is 0 Å². The minimum atomic E-state index is -0.147. The highest BCUT2D eigenvalue weighted by molar-refractivity contribution is 8.23. The summed E-state index contributed by atoms with van der Waals surface area (Å²) in [7, 11) is 0. The Balaban J connectivity index is 1.24. The van der Waals surface area contributed by atoms with Crippen molar-refractivity contribution in [2.75, 3.05) is 74.7 Å². The number of rotatable bonds is 8. The van der Waals surface area contributed by atoms with E-state index in [9.17, 15) is 9.59 Å². The van der Waals surface area contributed by atoms with Crippen molar-refractivity contribution < 1.29 is 19.1 Å². The van der Waals surface area contributed by atoms with E-state index in [0.717, 1.165) is 46.0 Å². The predicted molar refractivity (Wildman–Crippen MR) is 170 cm³/mol. The van der Waals surface area contributed by atoms with E-state index >= 15 is 0 Å². The Kier molecular flexibility index (Phi) is 12.1. The van der Waals surface area contributed by atoms with Gasteiger partial charge in [0.25, 0.3) is 0 Å². The highest BCUT2D eigenvalue weighted by Crippen LogP contribution is 2.42. The Bertz CT molecular complexity index is 1100. The molecule has 2 aromatic heterocycles. The van der Waals surface area contributed by atoms with Gasteiger partial charge in [-0.25, -0.2) is 9.97 Å². The number of hydrogen-bond acceptors (Lipinski definition) is 13. The molecule has 2 saturated heterocycles. The number of nitrogens with one attached hydrogen (secondary N) is 2. The molecule has 0 aliphatic carbocycles.